The molecule has 0 unspecified atom stereocenters. The maximum atomic E-state index is 13.6. The summed E-state index contributed by atoms with van der Waals surface area (Å²) in [4.78, 5) is 20.0. The van der Waals surface area contributed by atoms with Crippen LogP contribution in [0, 0.1) is 11.6 Å². The summed E-state index contributed by atoms with van der Waals surface area (Å²) >= 11 is 0. The molecule has 0 spiro atoms. The van der Waals surface area contributed by atoms with Crippen LogP contribution < -0.4 is 5.32 Å². The van der Waals surface area contributed by atoms with Gasteiger partial charge in [-0.05, 0) is 24.3 Å². The Hall–Kier alpha value is -3.16. The van der Waals surface area contributed by atoms with Gasteiger partial charge in [0.05, 0.1) is 11.3 Å². The van der Waals surface area contributed by atoms with E-state index in [-0.39, 0.29) is 5.56 Å². The fourth-order valence-electron chi connectivity index (χ4n) is 1.86. The molecule has 6 nitrogen and oxygen atoms in total. The summed E-state index contributed by atoms with van der Waals surface area (Å²) in [5.41, 5.74) is 0.0523. The van der Waals surface area contributed by atoms with Gasteiger partial charge in [-0.1, -0.05) is 0 Å². The van der Waals surface area contributed by atoms with Crippen molar-refractivity contribution in [2.75, 3.05) is 5.32 Å². The van der Waals surface area contributed by atoms with Gasteiger partial charge < -0.3 is 5.32 Å². The second-order valence-electron chi connectivity index (χ2n) is 4.29. The number of rotatable bonds is 3. The third-order valence-electron chi connectivity index (χ3n) is 2.85. The molecule has 1 aromatic carbocycles. The quantitative estimate of drug-likeness (QED) is 0.805. The van der Waals surface area contributed by atoms with Crippen molar-refractivity contribution in [2.45, 2.75) is 0 Å². The molecule has 0 fully saturated rings. The highest BCUT2D eigenvalue weighted by molar-refractivity contribution is 6.05. The lowest BCUT2D eigenvalue weighted by atomic mass is 10.2. The van der Waals surface area contributed by atoms with E-state index in [2.05, 4.69) is 20.4 Å². The van der Waals surface area contributed by atoms with Crippen LogP contribution in [-0.4, -0.2) is 25.7 Å². The van der Waals surface area contributed by atoms with Crippen molar-refractivity contribution in [3.05, 3.63) is 66.4 Å². The number of nitrogens with one attached hydrogen (secondary N) is 1. The Morgan fingerprint density at radius 3 is 2.82 bits per heavy atom. The van der Waals surface area contributed by atoms with Crippen LogP contribution in [0.1, 0.15) is 10.4 Å². The smallest absolute Gasteiger partial charge is 0.258 e. The van der Waals surface area contributed by atoms with Crippen molar-refractivity contribution >= 4 is 11.6 Å². The molecule has 0 bridgehead atoms. The third kappa shape index (κ3) is 2.66. The van der Waals surface area contributed by atoms with E-state index in [1.807, 2.05) is 0 Å². The molecule has 2 heterocycles. The first-order valence-electron chi connectivity index (χ1n) is 6.21. The number of anilines is 1. The summed E-state index contributed by atoms with van der Waals surface area (Å²) in [6.07, 6.45) is 4.25. The summed E-state index contributed by atoms with van der Waals surface area (Å²) in [6.45, 7) is 0. The number of carbonyl (C=O) groups excluding carboxylic acids is 1. The van der Waals surface area contributed by atoms with Crippen LogP contribution in [0.4, 0.5) is 14.5 Å². The third-order valence-corrected chi connectivity index (χ3v) is 2.85. The van der Waals surface area contributed by atoms with Gasteiger partial charge in [-0.15, -0.1) is 0 Å². The number of hydrogen-bond acceptors (Lipinski definition) is 4. The van der Waals surface area contributed by atoms with E-state index >= 15 is 0 Å². The van der Waals surface area contributed by atoms with Gasteiger partial charge in [-0.2, -0.15) is 5.10 Å². The molecular weight excluding hydrogens is 292 g/mol. The van der Waals surface area contributed by atoms with Gasteiger partial charge in [0, 0.05) is 12.3 Å². The van der Waals surface area contributed by atoms with Gasteiger partial charge in [-0.25, -0.2) is 23.4 Å². The van der Waals surface area contributed by atoms with Gasteiger partial charge in [0.2, 0.25) is 0 Å². The first-order valence-corrected chi connectivity index (χ1v) is 6.21. The second-order valence-corrected chi connectivity index (χ2v) is 4.29. The Bertz CT molecular complexity index is 820. The summed E-state index contributed by atoms with van der Waals surface area (Å²) < 4.78 is 27.9. The number of pyridine rings is 1. The monoisotopic (exact) mass is 301 g/mol. The lowest BCUT2D eigenvalue weighted by Crippen LogP contribution is -2.16. The minimum absolute atomic E-state index is 0.269. The standard InChI is InChI=1S/C14H9F2N5O/c15-9-3-4-10(11(16)6-9)14(22)20-12-2-1-5-18-13(12)21-8-17-7-19-21/h1-8H,(H,20,22). The van der Waals surface area contributed by atoms with Crippen molar-refractivity contribution in [1.82, 2.24) is 19.7 Å². The zero-order valence-corrected chi connectivity index (χ0v) is 11.1. The highest BCUT2D eigenvalue weighted by Crippen LogP contribution is 2.18. The number of halogens is 2. The molecule has 1 amide bonds. The summed E-state index contributed by atoms with van der Waals surface area (Å²) in [5, 5.41) is 6.45. The zero-order chi connectivity index (χ0) is 15.5. The number of aromatic nitrogens is 4. The van der Waals surface area contributed by atoms with Gasteiger partial charge in [0.25, 0.3) is 5.91 Å². The van der Waals surface area contributed by atoms with E-state index in [1.54, 1.807) is 12.1 Å². The van der Waals surface area contributed by atoms with Gasteiger partial charge in [0.15, 0.2) is 5.82 Å². The topological polar surface area (TPSA) is 72.7 Å². The Morgan fingerprint density at radius 1 is 1.23 bits per heavy atom. The van der Waals surface area contributed by atoms with Crippen LogP contribution in [0.3, 0.4) is 0 Å². The van der Waals surface area contributed by atoms with E-state index in [1.165, 1.54) is 23.5 Å². The van der Waals surface area contributed by atoms with E-state index in [4.69, 9.17) is 0 Å². The summed E-state index contributed by atoms with van der Waals surface area (Å²) in [5.74, 6) is -2.08. The minimum atomic E-state index is -0.941. The molecule has 0 atom stereocenters. The van der Waals surface area contributed by atoms with Crippen LogP contribution >= 0.6 is 0 Å². The van der Waals surface area contributed by atoms with Crippen molar-refractivity contribution < 1.29 is 13.6 Å². The first-order chi connectivity index (χ1) is 10.6. The first kappa shape index (κ1) is 13.8. The highest BCUT2D eigenvalue weighted by atomic mass is 19.1. The molecule has 1 N–H and O–H groups in total. The maximum absolute atomic E-state index is 13.6. The Labute approximate surface area is 123 Å². The van der Waals surface area contributed by atoms with Gasteiger partial charge in [0.1, 0.15) is 24.3 Å². The van der Waals surface area contributed by atoms with E-state index in [9.17, 15) is 13.6 Å². The molecule has 0 aliphatic heterocycles. The summed E-state index contributed by atoms with van der Waals surface area (Å²) in [7, 11) is 0. The molecule has 3 aromatic rings. The normalized spacial score (nSPS) is 10.5. The van der Waals surface area contributed by atoms with Crippen LogP contribution in [0.5, 0.6) is 0 Å². The molecule has 8 heteroatoms. The lowest BCUT2D eigenvalue weighted by molar-refractivity contribution is 0.102. The van der Waals surface area contributed by atoms with Gasteiger partial charge >= 0.3 is 0 Å². The maximum Gasteiger partial charge on any atom is 0.258 e. The molecule has 110 valence electrons. The van der Waals surface area contributed by atoms with Crippen LogP contribution in [-0.2, 0) is 0 Å². The number of benzene rings is 1. The van der Waals surface area contributed by atoms with Crippen molar-refractivity contribution in [3.63, 3.8) is 0 Å². The molecule has 0 saturated heterocycles. The van der Waals surface area contributed by atoms with Crippen LogP contribution in [0.15, 0.2) is 49.2 Å². The van der Waals surface area contributed by atoms with Crippen molar-refractivity contribution in [3.8, 4) is 5.82 Å². The SMILES string of the molecule is O=C(Nc1cccnc1-n1cncn1)c1ccc(F)cc1F. The lowest BCUT2D eigenvalue weighted by Gasteiger charge is -2.10. The van der Waals surface area contributed by atoms with Crippen molar-refractivity contribution in [2.24, 2.45) is 0 Å². The fourth-order valence-corrected chi connectivity index (χ4v) is 1.86. The predicted octanol–water partition coefficient (Wildman–Crippen LogP) is 2.19. The average molecular weight is 301 g/mol. The van der Waals surface area contributed by atoms with Crippen LogP contribution in [0.25, 0.3) is 5.82 Å². The Kier molecular flexibility index (Phi) is 3.57. The zero-order valence-electron chi connectivity index (χ0n) is 11.1. The number of carbonyl (C=O) groups is 1. The Balaban J connectivity index is 1.92. The molecule has 22 heavy (non-hydrogen) atoms. The molecule has 0 saturated carbocycles. The largest absolute Gasteiger partial charge is 0.319 e. The number of amides is 1. The number of nitrogens with zero attached hydrogens (tertiary/aromatic N) is 4. The minimum Gasteiger partial charge on any atom is -0.319 e. The predicted molar refractivity (Wildman–Crippen MR) is 73.5 cm³/mol. The Morgan fingerprint density at radius 2 is 2.09 bits per heavy atom. The molecule has 2 aromatic heterocycles. The van der Waals surface area contributed by atoms with E-state index in [0.29, 0.717) is 17.6 Å². The average Bonchev–Trinajstić information content (AvgIpc) is 3.01. The number of hydrogen-bond donors (Lipinski definition) is 1. The fraction of sp³-hybridized carbons (Fsp3) is 0. The molecule has 0 radical (unpaired) electrons. The molecule has 3 rings (SSSR count). The summed E-state index contributed by atoms with van der Waals surface area (Å²) in [6, 6.07) is 5.93. The van der Waals surface area contributed by atoms with Crippen molar-refractivity contribution in [1.29, 1.82) is 0 Å². The van der Waals surface area contributed by atoms with Gasteiger partial charge in [-0.3, -0.25) is 4.79 Å². The second kappa shape index (κ2) is 5.68. The van der Waals surface area contributed by atoms with Crippen LogP contribution in [0.2, 0.25) is 0 Å². The molecule has 0 aliphatic carbocycles. The van der Waals surface area contributed by atoms with E-state index in [0.717, 1.165) is 12.1 Å². The van der Waals surface area contributed by atoms with E-state index < -0.39 is 17.5 Å². The molecular formula is C14H9F2N5O. The molecule has 0 aliphatic rings. The highest BCUT2D eigenvalue weighted by Gasteiger charge is 2.15.